The van der Waals surface area contributed by atoms with Crippen molar-refractivity contribution < 1.29 is 22.7 Å². The molecule has 3 aromatic carbocycles. The maximum Gasteiger partial charge on any atom is 0.242 e. The number of amides is 2. The van der Waals surface area contributed by atoms with Crippen molar-refractivity contribution in [1.29, 1.82) is 5.41 Å². The fourth-order valence-electron chi connectivity index (χ4n) is 4.61. The average Bonchev–Trinajstić information content (AvgIpc) is 2.97. The Balaban J connectivity index is 1.39. The quantitative estimate of drug-likeness (QED) is 0.126. The Morgan fingerprint density at radius 3 is 2.46 bits per heavy atom. The zero-order chi connectivity index (χ0) is 29.6. The third kappa shape index (κ3) is 7.40. The lowest BCUT2D eigenvalue weighted by Gasteiger charge is -2.33. The average molecular weight is 574 g/mol. The first-order valence-corrected chi connectivity index (χ1v) is 14.7. The maximum absolute atomic E-state index is 13.6. The van der Waals surface area contributed by atoms with Gasteiger partial charge in [-0.15, -0.1) is 0 Å². The van der Waals surface area contributed by atoms with E-state index in [0.29, 0.717) is 28.9 Å². The normalized spacial score (nSPS) is 16.4. The van der Waals surface area contributed by atoms with Crippen molar-refractivity contribution in [3.05, 3.63) is 89.5 Å². The molecule has 0 bridgehead atoms. The summed E-state index contributed by atoms with van der Waals surface area (Å²) in [7, 11) is -2.07. The van der Waals surface area contributed by atoms with E-state index in [4.69, 9.17) is 15.9 Å². The van der Waals surface area contributed by atoms with Gasteiger partial charge in [0, 0.05) is 24.3 Å². The van der Waals surface area contributed by atoms with Crippen LogP contribution in [0.5, 0.6) is 0 Å². The minimum absolute atomic E-state index is 0.0801. The van der Waals surface area contributed by atoms with Crippen LogP contribution in [0.4, 0.5) is 5.69 Å². The van der Waals surface area contributed by atoms with Gasteiger partial charge < -0.3 is 21.1 Å². The predicted octanol–water partition coefficient (Wildman–Crippen LogP) is 2.32. The second kappa shape index (κ2) is 13.1. The Kier molecular flexibility index (Phi) is 9.59. The van der Waals surface area contributed by atoms with Gasteiger partial charge in [-0.25, -0.2) is 8.42 Å². The van der Waals surface area contributed by atoms with Gasteiger partial charge in [0.1, 0.15) is 19.5 Å². The van der Waals surface area contributed by atoms with E-state index in [9.17, 15) is 18.0 Å². The molecule has 5 N–H and O–H groups in total. The summed E-state index contributed by atoms with van der Waals surface area (Å²) in [6.45, 7) is 4.30. The fourth-order valence-corrected chi connectivity index (χ4v) is 6.25. The van der Waals surface area contributed by atoms with Crippen LogP contribution < -0.4 is 21.8 Å². The molecule has 1 saturated heterocycles. The Bertz CT molecular complexity index is 1520. The topological polar surface area (TPSA) is 155 Å². The molecule has 1 aliphatic heterocycles. The first kappa shape index (κ1) is 30.0. The van der Waals surface area contributed by atoms with Crippen LogP contribution in [0.15, 0.2) is 77.7 Å². The van der Waals surface area contributed by atoms with Crippen molar-refractivity contribution in [1.82, 2.24) is 9.62 Å². The van der Waals surface area contributed by atoms with Crippen LogP contribution in [0, 0.1) is 5.41 Å². The summed E-state index contributed by atoms with van der Waals surface area (Å²) in [4.78, 5) is 25.1. The van der Waals surface area contributed by atoms with Gasteiger partial charge >= 0.3 is 0 Å². The zero-order valence-electron chi connectivity index (χ0n) is 23.0. The second-order valence-corrected chi connectivity index (χ2v) is 11.6. The van der Waals surface area contributed by atoms with Crippen molar-refractivity contribution >= 4 is 46.1 Å². The van der Waals surface area contributed by atoms with Crippen LogP contribution in [0.25, 0.3) is 0 Å². The van der Waals surface area contributed by atoms with Crippen molar-refractivity contribution in [3.63, 3.8) is 0 Å². The van der Waals surface area contributed by atoms with Gasteiger partial charge in [-0.2, -0.15) is 4.31 Å². The molecular formula is C29H33BN5O5S. The van der Waals surface area contributed by atoms with E-state index in [-0.39, 0.29) is 29.9 Å². The Labute approximate surface area is 241 Å². The van der Waals surface area contributed by atoms with Crippen molar-refractivity contribution in [2.24, 2.45) is 5.73 Å². The Hall–Kier alpha value is -4.00. The molecule has 1 fully saturated rings. The summed E-state index contributed by atoms with van der Waals surface area (Å²) in [6, 6.07) is 20.5. The van der Waals surface area contributed by atoms with E-state index in [1.54, 1.807) is 63.5 Å². The summed E-state index contributed by atoms with van der Waals surface area (Å²) in [5.41, 5.74) is 8.60. The largest absolute Gasteiger partial charge is 0.384 e. The van der Waals surface area contributed by atoms with E-state index in [0.717, 1.165) is 5.56 Å². The molecule has 41 heavy (non-hydrogen) atoms. The smallest absolute Gasteiger partial charge is 0.242 e. The monoisotopic (exact) mass is 574 g/mol. The van der Waals surface area contributed by atoms with Gasteiger partial charge in [0.05, 0.1) is 23.6 Å². The van der Waals surface area contributed by atoms with Gasteiger partial charge in [-0.1, -0.05) is 54.8 Å². The van der Waals surface area contributed by atoms with Crippen molar-refractivity contribution in [2.45, 2.75) is 37.2 Å². The Morgan fingerprint density at radius 2 is 1.80 bits per heavy atom. The summed E-state index contributed by atoms with van der Waals surface area (Å²) in [5, 5.41) is 12.9. The highest BCUT2D eigenvalue weighted by Gasteiger charge is 2.33. The molecule has 12 heteroatoms. The number of nitrogens with zero attached hydrogens (tertiary/aromatic N) is 1. The molecule has 0 aliphatic carbocycles. The predicted molar refractivity (Wildman–Crippen MR) is 159 cm³/mol. The molecule has 4 rings (SSSR count). The van der Waals surface area contributed by atoms with Crippen LogP contribution in [-0.2, 0) is 24.3 Å². The maximum atomic E-state index is 13.6. The van der Waals surface area contributed by atoms with Crippen molar-refractivity contribution in [3.8, 4) is 0 Å². The number of anilines is 1. The highest BCUT2D eigenvalue weighted by molar-refractivity contribution is 7.89. The number of rotatable bonds is 10. The van der Waals surface area contributed by atoms with Crippen molar-refractivity contribution in [2.75, 3.05) is 25.0 Å². The number of carbonyl (C=O) groups excluding carboxylic acids is 2. The van der Waals surface area contributed by atoms with Crippen LogP contribution >= 0.6 is 0 Å². The molecule has 0 spiro atoms. The lowest BCUT2D eigenvalue weighted by Crippen LogP contribution is -2.43. The highest BCUT2D eigenvalue weighted by Crippen LogP contribution is 2.26. The summed E-state index contributed by atoms with van der Waals surface area (Å²) in [6.07, 6.45) is -0.738. The molecule has 2 amide bonds. The fraction of sp³-hybridized carbons (Fsp3) is 0.276. The molecule has 0 saturated carbocycles. The molecule has 1 radical (unpaired) electrons. The molecule has 1 unspecified atom stereocenters. The number of morpholine rings is 1. The van der Waals surface area contributed by atoms with Crippen LogP contribution in [0.1, 0.15) is 42.2 Å². The molecule has 10 nitrogen and oxygen atoms in total. The number of benzene rings is 3. The van der Waals surface area contributed by atoms with E-state index >= 15 is 0 Å². The molecule has 3 aromatic rings. The second-order valence-electron chi connectivity index (χ2n) is 9.72. The van der Waals surface area contributed by atoms with E-state index < -0.39 is 34.3 Å². The third-order valence-corrected chi connectivity index (χ3v) is 8.78. The first-order chi connectivity index (χ1) is 19.6. The molecular weight excluding hydrogens is 541 g/mol. The van der Waals surface area contributed by atoms with Gasteiger partial charge in [0.15, 0.2) is 0 Å². The molecule has 1 aliphatic rings. The number of carbonyl (C=O) groups is 2. The third-order valence-electron chi connectivity index (χ3n) is 6.84. The molecule has 213 valence electrons. The summed E-state index contributed by atoms with van der Waals surface area (Å²) < 4.78 is 34.6. The lowest BCUT2D eigenvalue weighted by molar-refractivity contribution is -0.127. The van der Waals surface area contributed by atoms with E-state index in [1.165, 1.54) is 4.31 Å². The van der Waals surface area contributed by atoms with E-state index in [1.807, 2.05) is 30.3 Å². The lowest BCUT2D eigenvalue weighted by atomic mass is 9.72. The minimum atomic E-state index is -3.80. The van der Waals surface area contributed by atoms with Crippen LogP contribution in [-0.4, -0.2) is 57.3 Å². The number of sulfonamides is 1. The zero-order valence-corrected chi connectivity index (χ0v) is 23.8. The number of nitrogens with one attached hydrogen (secondary N) is 3. The summed E-state index contributed by atoms with van der Waals surface area (Å²) >= 11 is 0. The Morgan fingerprint density at radius 1 is 1.10 bits per heavy atom. The number of amidine groups is 1. The summed E-state index contributed by atoms with van der Waals surface area (Å²) in [5.74, 6) is -1.05. The first-order valence-electron chi connectivity index (χ1n) is 13.2. The van der Waals surface area contributed by atoms with E-state index in [2.05, 4.69) is 10.6 Å². The van der Waals surface area contributed by atoms with Gasteiger partial charge in [0.2, 0.25) is 21.8 Å². The highest BCUT2D eigenvalue weighted by atomic mass is 32.2. The van der Waals surface area contributed by atoms with Crippen LogP contribution in [0.2, 0.25) is 6.82 Å². The van der Waals surface area contributed by atoms with Gasteiger partial charge in [-0.05, 0) is 48.4 Å². The molecule has 0 aromatic heterocycles. The number of hydrogen-bond donors (Lipinski definition) is 4. The number of nitrogens with two attached hydrogens (primary N) is 1. The SMILES string of the molecule is C[B]c1cc([C@H](C)NC(=O)CC(=O)Nc2ccc(C(=N)N)cc2)ccc1S(=O)(=O)N1CCOC(c2ccccc2)C1. The number of nitrogen functional groups attached to an aromatic ring is 1. The van der Waals surface area contributed by atoms with Crippen LogP contribution in [0.3, 0.4) is 0 Å². The number of ether oxygens (including phenoxy) is 1. The molecule has 1 heterocycles. The van der Waals surface area contributed by atoms with Gasteiger partial charge in [0.25, 0.3) is 0 Å². The standard InChI is InChI=1S/C29H33BN5O5S/c1-19(33-27(36)17-28(37)34-23-11-8-21(9-12-23)29(31)32)22-10-13-26(24(16-22)30-2)41(38,39)35-14-15-40-25(18-35)20-6-4-3-5-7-20/h3-13,16,19,25H,14-15,17-18H2,1-2H3,(H3,31,32)(H,33,36)(H,34,37)/t19-,25?/m0/s1. The van der Waals surface area contributed by atoms with Gasteiger partial charge in [-0.3, -0.25) is 15.0 Å². The minimum Gasteiger partial charge on any atom is -0.384 e. The molecule has 2 atom stereocenters. The number of hydrogen-bond acceptors (Lipinski definition) is 6.